The van der Waals surface area contributed by atoms with Crippen LogP contribution in [-0.2, 0) is 4.74 Å². The van der Waals surface area contributed by atoms with Crippen molar-refractivity contribution >= 4 is 11.6 Å². The molecule has 4 nitrogen and oxygen atoms in total. The number of alkyl halides is 2. The van der Waals surface area contributed by atoms with E-state index in [0.29, 0.717) is 44.0 Å². The van der Waals surface area contributed by atoms with Gasteiger partial charge in [-0.1, -0.05) is 6.08 Å². The topological polar surface area (TPSA) is 37.2 Å². The SMILES string of the molecule is [2H]C([2H])([2H])N1CCC=C(C2=NCN=C2OCCCCC(C)(F)F)C1. The standard InChI is InChI=1S/C15H23F2N3O/c1-15(16,17)7-3-4-9-21-14-13(18-11-19-14)12-6-5-8-20(2)10-12/h6H,3-5,7-11H2,1-2H3/i2D3. The number of hydrogen-bond donors (Lipinski definition) is 0. The molecule has 0 saturated heterocycles. The maximum atomic E-state index is 12.7. The highest BCUT2D eigenvalue weighted by atomic mass is 19.3. The predicted octanol–water partition coefficient (Wildman–Crippen LogP) is 2.90. The van der Waals surface area contributed by atoms with Crippen LogP contribution in [0.1, 0.15) is 36.7 Å². The van der Waals surface area contributed by atoms with Gasteiger partial charge in [0.1, 0.15) is 12.4 Å². The Kier molecular flexibility index (Phi) is 4.15. The summed E-state index contributed by atoms with van der Waals surface area (Å²) in [5.41, 5.74) is 1.39. The first kappa shape index (κ1) is 12.3. The number of hydrogen-bond acceptors (Lipinski definition) is 4. The summed E-state index contributed by atoms with van der Waals surface area (Å²) in [4.78, 5) is 9.87. The van der Waals surface area contributed by atoms with Gasteiger partial charge >= 0.3 is 0 Å². The molecular weight excluding hydrogens is 276 g/mol. The molecule has 0 unspecified atom stereocenters. The number of likely N-dealkylation sites (N-methyl/N-ethyl adjacent to an activating group) is 1. The first-order valence-corrected chi connectivity index (χ1v) is 7.21. The van der Waals surface area contributed by atoms with Crippen molar-refractivity contribution in [3.05, 3.63) is 11.6 Å². The van der Waals surface area contributed by atoms with Gasteiger partial charge in [0, 0.05) is 23.6 Å². The first-order chi connectivity index (χ1) is 11.2. The zero-order valence-electron chi connectivity index (χ0n) is 15.2. The maximum Gasteiger partial charge on any atom is 0.245 e. The van der Waals surface area contributed by atoms with Crippen molar-refractivity contribution in [3.63, 3.8) is 0 Å². The second-order valence-electron chi connectivity index (χ2n) is 5.43. The van der Waals surface area contributed by atoms with E-state index >= 15 is 0 Å². The molecule has 6 heteroatoms. The Hall–Kier alpha value is -1.30. The van der Waals surface area contributed by atoms with E-state index in [4.69, 9.17) is 8.85 Å². The lowest BCUT2D eigenvalue weighted by Gasteiger charge is -2.23. The molecule has 0 aromatic rings. The molecule has 2 heterocycles. The van der Waals surface area contributed by atoms with Crippen molar-refractivity contribution in [3.8, 4) is 0 Å². The highest BCUT2D eigenvalue weighted by molar-refractivity contribution is 6.46. The van der Waals surface area contributed by atoms with E-state index in [1.807, 2.05) is 6.08 Å². The molecule has 0 radical (unpaired) electrons. The Morgan fingerprint density at radius 1 is 1.43 bits per heavy atom. The van der Waals surface area contributed by atoms with E-state index in [0.717, 1.165) is 12.5 Å². The van der Waals surface area contributed by atoms with Gasteiger partial charge in [0.05, 0.1) is 6.61 Å². The van der Waals surface area contributed by atoms with Gasteiger partial charge in [-0.15, -0.1) is 0 Å². The van der Waals surface area contributed by atoms with Gasteiger partial charge in [0.15, 0.2) is 0 Å². The van der Waals surface area contributed by atoms with Gasteiger partial charge in [0.25, 0.3) is 0 Å². The van der Waals surface area contributed by atoms with Crippen molar-refractivity contribution in [2.75, 3.05) is 33.3 Å². The highest BCUT2D eigenvalue weighted by Gasteiger charge is 2.23. The molecular formula is C15H23F2N3O. The molecule has 0 N–H and O–H groups in total. The molecule has 0 spiro atoms. The van der Waals surface area contributed by atoms with Crippen LogP contribution in [0.3, 0.4) is 0 Å². The molecule has 0 aromatic heterocycles. The lowest BCUT2D eigenvalue weighted by atomic mass is 10.1. The number of aliphatic imine (C=N–C) groups is 2. The van der Waals surface area contributed by atoms with Crippen molar-refractivity contribution in [2.24, 2.45) is 9.98 Å². The van der Waals surface area contributed by atoms with Crippen LogP contribution in [0, 0.1) is 0 Å². The molecule has 0 saturated carbocycles. The number of rotatable bonds is 6. The third-order valence-corrected chi connectivity index (χ3v) is 3.35. The highest BCUT2D eigenvalue weighted by Crippen LogP contribution is 2.20. The fourth-order valence-corrected chi connectivity index (χ4v) is 2.29. The summed E-state index contributed by atoms with van der Waals surface area (Å²) < 4.78 is 53.6. The number of ether oxygens (including phenoxy) is 1. The van der Waals surface area contributed by atoms with Crippen molar-refractivity contribution in [1.82, 2.24) is 4.90 Å². The average molecular weight is 302 g/mol. The Bertz CT molecular complexity index is 539. The molecule has 0 aromatic carbocycles. The molecule has 2 aliphatic heterocycles. The summed E-state index contributed by atoms with van der Waals surface area (Å²) in [6.45, 7) is 0.0761. The monoisotopic (exact) mass is 302 g/mol. The molecule has 0 bridgehead atoms. The molecule has 0 aliphatic carbocycles. The van der Waals surface area contributed by atoms with Crippen molar-refractivity contribution in [1.29, 1.82) is 0 Å². The second-order valence-corrected chi connectivity index (χ2v) is 5.43. The Morgan fingerprint density at radius 3 is 3.05 bits per heavy atom. The third-order valence-electron chi connectivity index (χ3n) is 3.35. The van der Waals surface area contributed by atoms with E-state index in [9.17, 15) is 8.78 Å². The minimum atomic E-state index is -2.65. The molecule has 118 valence electrons. The molecule has 0 amide bonds. The molecule has 0 atom stereocenters. The van der Waals surface area contributed by atoms with Crippen LogP contribution in [0.25, 0.3) is 0 Å². The van der Waals surface area contributed by atoms with Gasteiger partial charge in [0.2, 0.25) is 11.8 Å². The van der Waals surface area contributed by atoms with Crippen molar-refractivity contribution in [2.45, 2.75) is 38.5 Å². The summed E-state index contributed by atoms with van der Waals surface area (Å²) in [5.74, 6) is -2.26. The average Bonchev–Trinajstić information content (AvgIpc) is 2.93. The molecule has 2 aliphatic rings. The minimum absolute atomic E-state index is 0.164. The van der Waals surface area contributed by atoms with Crippen LogP contribution in [0.4, 0.5) is 8.78 Å². The fraction of sp³-hybridized carbons (Fsp3) is 0.733. The summed E-state index contributed by atoms with van der Waals surface area (Å²) >= 11 is 0. The van der Waals surface area contributed by atoms with E-state index in [2.05, 4.69) is 9.98 Å². The summed E-state index contributed by atoms with van der Waals surface area (Å²) in [6, 6.07) is 0. The van der Waals surface area contributed by atoms with Crippen molar-refractivity contribution < 1.29 is 17.6 Å². The lowest BCUT2D eigenvalue weighted by Crippen LogP contribution is -2.31. The van der Waals surface area contributed by atoms with Gasteiger partial charge in [-0.2, -0.15) is 0 Å². The number of nitrogens with zero attached hydrogens (tertiary/aromatic N) is 3. The van der Waals surface area contributed by atoms with Crippen LogP contribution >= 0.6 is 0 Å². The molecule has 0 fully saturated rings. The minimum Gasteiger partial charge on any atom is -0.476 e. The van der Waals surface area contributed by atoms with Crippen LogP contribution in [0.2, 0.25) is 0 Å². The summed E-state index contributed by atoms with van der Waals surface area (Å²) in [6.07, 6.45) is 3.31. The Morgan fingerprint density at radius 2 is 2.29 bits per heavy atom. The van der Waals surface area contributed by atoms with Gasteiger partial charge in [-0.3, -0.25) is 4.99 Å². The molecule has 2 rings (SSSR count). The Labute approximate surface area is 128 Å². The zero-order chi connectivity index (χ0) is 17.8. The zero-order valence-corrected chi connectivity index (χ0v) is 12.2. The maximum absolute atomic E-state index is 12.7. The smallest absolute Gasteiger partial charge is 0.245 e. The van der Waals surface area contributed by atoms with Gasteiger partial charge < -0.3 is 9.64 Å². The van der Waals surface area contributed by atoms with E-state index in [1.165, 1.54) is 4.90 Å². The van der Waals surface area contributed by atoms with Crippen LogP contribution in [-0.4, -0.2) is 55.8 Å². The van der Waals surface area contributed by atoms with Crippen LogP contribution in [0.5, 0.6) is 0 Å². The normalized spacial score (nSPS) is 22.8. The Balaban J connectivity index is 1.84. The quantitative estimate of drug-likeness (QED) is 0.708. The fourth-order valence-electron chi connectivity index (χ4n) is 2.29. The molecule has 21 heavy (non-hydrogen) atoms. The van der Waals surface area contributed by atoms with Crippen LogP contribution < -0.4 is 0 Å². The van der Waals surface area contributed by atoms with Gasteiger partial charge in [-0.25, -0.2) is 13.8 Å². The van der Waals surface area contributed by atoms with E-state index < -0.39 is 12.9 Å². The third kappa shape index (κ3) is 5.19. The summed E-state index contributed by atoms with van der Waals surface area (Å²) in [7, 11) is 0. The number of unbranched alkanes of at least 4 members (excludes halogenated alkanes) is 1. The number of halogens is 2. The summed E-state index contributed by atoms with van der Waals surface area (Å²) in [5, 5.41) is 0. The lowest BCUT2D eigenvalue weighted by molar-refractivity contribution is 0.00966. The van der Waals surface area contributed by atoms with Gasteiger partial charge in [-0.05, 0) is 38.7 Å². The van der Waals surface area contributed by atoms with Crippen LogP contribution in [0.15, 0.2) is 21.6 Å². The first-order valence-electron chi connectivity index (χ1n) is 8.71. The van der Waals surface area contributed by atoms with E-state index in [-0.39, 0.29) is 19.6 Å². The predicted molar refractivity (Wildman–Crippen MR) is 80.4 cm³/mol. The van der Waals surface area contributed by atoms with E-state index in [1.54, 1.807) is 0 Å². The largest absolute Gasteiger partial charge is 0.476 e. The second kappa shape index (κ2) is 7.11.